The number of rotatable bonds is 1. The first-order chi connectivity index (χ1) is 4.91. The third-order valence-corrected chi connectivity index (χ3v) is 0.441. The van der Waals surface area contributed by atoms with E-state index in [0.29, 0.717) is 5.01 Å². The zero-order valence-electron chi connectivity index (χ0n) is 6.14. The molecular formula is C4H9N3O4. The highest BCUT2D eigenvalue weighted by Gasteiger charge is 1.97. The lowest BCUT2D eigenvalue weighted by Crippen LogP contribution is -2.26. The number of aliphatic carboxylic acids is 1. The second-order valence-corrected chi connectivity index (χ2v) is 1.46. The van der Waals surface area contributed by atoms with Gasteiger partial charge >= 0.3 is 6.03 Å². The van der Waals surface area contributed by atoms with E-state index in [2.05, 4.69) is 11.0 Å². The zero-order chi connectivity index (χ0) is 9.44. The molecule has 0 heterocycles. The smallest absolute Gasteiger partial charge is 0.337 e. The van der Waals surface area contributed by atoms with Gasteiger partial charge < -0.3 is 10.8 Å². The molecule has 0 saturated heterocycles. The molecule has 0 unspecified atom stereocenters. The molecule has 2 amide bonds. The van der Waals surface area contributed by atoms with Crippen LogP contribution in [0.5, 0.6) is 0 Å². The van der Waals surface area contributed by atoms with E-state index in [0.717, 1.165) is 6.92 Å². The molecular weight excluding hydrogens is 154 g/mol. The van der Waals surface area contributed by atoms with Gasteiger partial charge in [-0.2, -0.15) is 5.01 Å². The van der Waals surface area contributed by atoms with E-state index in [1.165, 1.54) is 7.05 Å². The summed E-state index contributed by atoms with van der Waals surface area (Å²) in [4.78, 5) is 28.1. The van der Waals surface area contributed by atoms with Gasteiger partial charge in [-0.1, -0.05) is 0 Å². The van der Waals surface area contributed by atoms with Crippen molar-refractivity contribution in [3.8, 4) is 0 Å². The number of hydrogen-bond donors (Lipinski definition) is 2. The minimum atomic E-state index is -0.852. The molecule has 0 aromatic heterocycles. The van der Waals surface area contributed by atoms with Crippen molar-refractivity contribution in [2.24, 2.45) is 11.0 Å². The van der Waals surface area contributed by atoms with Crippen LogP contribution in [-0.2, 0) is 4.79 Å². The molecule has 0 rings (SSSR count). The lowest BCUT2D eigenvalue weighted by atomic mass is 10.9. The number of carbonyl (C=O) groups excluding carboxylic acids is 1. The lowest BCUT2D eigenvalue weighted by Gasteiger charge is -1.97. The number of nitrogens with zero attached hydrogens (tertiary/aromatic N) is 2. The van der Waals surface area contributed by atoms with E-state index in [1.807, 2.05) is 0 Å². The van der Waals surface area contributed by atoms with Crippen molar-refractivity contribution in [3.05, 3.63) is 4.91 Å². The molecule has 11 heavy (non-hydrogen) atoms. The van der Waals surface area contributed by atoms with E-state index in [9.17, 15) is 9.70 Å². The fraction of sp³-hybridized carbons (Fsp3) is 0.500. The van der Waals surface area contributed by atoms with Crippen molar-refractivity contribution in [2.75, 3.05) is 7.05 Å². The van der Waals surface area contributed by atoms with E-state index < -0.39 is 12.0 Å². The average molecular weight is 163 g/mol. The van der Waals surface area contributed by atoms with Gasteiger partial charge in [-0.05, 0) is 0 Å². The Morgan fingerprint density at radius 1 is 1.55 bits per heavy atom. The number of carbonyl (C=O) groups is 2. The average Bonchev–Trinajstić information content (AvgIpc) is 1.85. The molecule has 0 aliphatic heterocycles. The van der Waals surface area contributed by atoms with Gasteiger partial charge in [-0.3, -0.25) is 4.79 Å². The predicted molar refractivity (Wildman–Crippen MR) is 36.5 cm³/mol. The lowest BCUT2D eigenvalue weighted by molar-refractivity contribution is -0.134. The summed E-state index contributed by atoms with van der Waals surface area (Å²) in [5.41, 5.74) is 4.54. The van der Waals surface area contributed by atoms with Gasteiger partial charge in [0.05, 0.1) is 5.29 Å². The summed E-state index contributed by atoms with van der Waals surface area (Å²) in [6.45, 7) is 1.08. The summed E-state index contributed by atoms with van der Waals surface area (Å²) < 4.78 is 0. The Hall–Kier alpha value is -1.66. The molecule has 0 aromatic rings. The molecule has 3 N–H and O–H groups in total. The topological polar surface area (TPSA) is 113 Å². The van der Waals surface area contributed by atoms with Crippen molar-refractivity contribution in [1.29, 1.82) is 0 Å². The fourth-order valence-electron chi connectivity index (χ4n) is 0.0402. The molecule has 0 atom stereocenters. The Morgan fingerprint density at radius 3 is 1.82 bits per heavy atom. The highest BCUT2D eigenvalue weighted by molar-refractivity contribution is 5.71. The van der Waals surface area contributed by atoms with Crippen LogP contribution < -0.4 is 5.73 Å². The molecule has 0 bridgehead atoms. The standard InChI is InChI=1S/C2H5N3O2.C2H4O2/c1-5(4-7)2(3)6;1-2(3)4/h1H3,(H2,3,6);1H3,(H,3,4). The number of nitrogens with two attached hydrogens (primary N) is 1. The second kappa shape index (κ2) is 6.46. The number of urea groups is 1. The Labute approximate surface area is 62.7 Å². The van der Waals surface area contributed by atoms with Crippen molar-refractivity contribution in [3.63, 3.8) is 0 Å². The van der Waals surface area contributed by atoms with Crippen LogP contribution in [0, 0.1) is 4.91 Å². The Kier molecular flexibility index (Phi) is 7.08. The zero-order valence-corrected chi connectivity index (χ0v) is 6.14. The van der Waals surface area contributed by atoms with E-state index in [1.54, 1.807) is 0 Å². The van der Waals surface area contributed by atoms with Crippen LogP contribution >= 0.6 is 0 Å². The van der Waals surface area contributed by atoms with Crippen LogP contribution in [0.4, 0.5) is 4.79 Å². The summed E-state index contributed by atoms with van der Waals surface area (Å²) in [6, 6.07) is -0.852. The summed E-state index contributed by atoms with van der Waals surface area (Å²) in [5.74, 6) is -0.833. The highest BCUT2D eigenvalue weighted by Crippen LogP contribution is 1.76. The van der Waals surface area contributed by atoms with Crippen LogP contribution in [0.2, 0.25) is 0 Å². The molecule has 0 radical (unpaired) electrons. The Balaban J connectivity index is 0. The maximum Gasteiger partial charge on any atom is 0.337 e. The molecule has 7 heteroatoms. The number of amides is 2. The number of primary amides is 1. The third-order valence-electron chi connectivity index (χ3n) is 0.441. The predicted octanol–water partition coefficient (Wildman–Crippen LogP) is -0.231. The van der Waals surface area contributed by atoms with E-state index in [-0.39, 0.29) is 0 Å². The van der Waals surface area contributed by atoms with Crippen molar-refractivity contribution in [2.45, 2.75) is 6.92 Å². The van der Waals surface area contributed by atoms with E-state index in [4.69, 9.17) is 9.90 Å². The maximum atomic E-state index is 9.78. The van der Waals surface area contributed by atoms with Crippen LogP contribution in [0.25, 0.3) is 0 Å². The molecule has 0 aromatic carbocycles. The van der Waals surface area contributed by atoms with Crippen molar-refractivity contribution < 1.29 is 14.7 Å². The third kappa shape index (κ3) is 17.8. The largest absolute Gasteiger partial charge is 0.481 e. The molecule has 0 aliphatic rings. The normalized spacial score (nSPS) is 7.09. The quantitative estimate of drug-likeness (QED) is 0.410. The molecule has 0 fully saturated rings. The maximum absolute atomic E-state index is 9.78. The molecule has 7 nitrogen and oxygen atoms in total. The number of carboxylic acids is 1. The summed E-state index contributed by atoms with van der Waals surface area (Å²) in [6.07, 6.45) is 0. The summed E-state index contributed by atoms with van der Waals surface area (Å²) >= 11 is 0. The molecule has 0 saturated carbocycles. The molecule has 0 aliphatic carbocycles. The van der Waals surface area contributed by atoms with Crippen LogP contribution in [-0.4, -0.2) is 29.2 Å². The first-order valence-electron chi connectivity index (χ1n) is 2.47. The molecule has 0 spiro atoms. The van der Waals surface area contributed by atoms with Gasteiger partial charge in [-0.15, -0.1) is 4.91 Å². The first kappa shape index (κ1) is 12.1. The van der Waals surface area contributed by atoms with Crippen molar-refractivity contribution >= 4 is 12.0 Å². The molecule has 64 valence electrons. The number of hydrogen-bond acceptors (Lipinski definition) is 4. The van der Waals surface area contributed by atoms with Gasteiger partial charge in [0.15, 0.2) is 0 Å². The number of nitroso groups, excluding NO2 is 1. The number of carboxylic acid groups (broad SMARTS) is 1. The SMILES string of the molecule is CC(=O)O.CN(N=O)C(N)=O. The van der Waals surface area contributed by atoms with Gasteiger partial charge in [0.25, 0.3) is 5.97 Å². The minimum Gasteiger partial charge on any atom is -0.481 e. The minimum absolute atomic E-state index is 0.500. The summed E-state index contributed by atoms with van der Waals surface area (Å²) in [5, 5.41) is 10.1. The Morgan fingerprint density at radius 2 is 1.82 bits per heavy atom. The van der Waals surface area contributed by atoms with Crippen LogP contribution in [0.1, 0.15) is 6.92 Å². The second-order valence-electron chi connectivity index (χ2n) is 1.46. The first-order valence-corrected chi connectivity index (χ1v) is 2.47. The van der Waals surface area contributed by atoms with Gasteiger partial charge in [0.1, 0.15) is 0 Å². The van der Waals surface area contributed by atoms with Crippen LogP contribution in [0.3, 0.4) is 0 Å². The van der Waals surface area contributed by atoms with E-state index >= 15 is 0 Å². The Bertz CT molecular complexity index is 153. The van der Waals surface area contributed by atoms with Gasteiger partial charge in [-0.25, -0.2) is 4.79 Å². The summed E-state index contributed by atoms with van der Waals surface area (Å²) in [7, 11) is 1.18. The van der Waals surface area contributed by atoms with Gasteiger partial charge in [0, 0.05) is 14.0 Å². The fourth-order valence-corrected chi connectivity index (χ4v) is 0.0402. The van der Waals surface area contributed by atoms with Crippen LogP contribution in [0.15, 0.2) is 5.29 Å². The monoisotopic (exact) mass is 163 g/mol. The van der Waals surface area contributed by atoms with Gasteiger partial charge in [0.2, 0.25) is 0 Å². The van der Waals surface area contributed by atoms with Crippen molar-refractivity contribution in [1.82, 2.24) is 5.01 Å². The highest BCUT2D eigenvalue weighted by atomic mass is 16.4.